The highest BCUT2D eigenvalue weighted by molar-refractivity contribution is 5.93. The third-order valence-electron chi connectivity index (χ3n) is 3.75. The van der Waals surface area contributed by atoms with E-state index >= 15 is 0 Å². The van der Waals surface area contributed by atoms with Crippen molar-refractivity contribution in [2.75, 3.05) is 18.4 Å². The maximum Gasteiger partial charge on any atom is 0.257 e. The van der Waals surface area contributed by atoms with Gasteiger partial charge in [0.2, 0.25) is 5.95 Å². The van der Waals surface area contributed by atoms with Gasteiger partial charge in [-0.1, -0.05) is 6.92 Å². The van der Waals surface area contributed by atoms with E-state index in [2.05, 4.69) is 22.2 Å². The van der Waals surface area contributed by atoms with Crippen LogP contribution in [-0.2, 0) is 0 Å². The zero-order chi connectivity index (χ0) is 13.2. The Morgan fingerprint density at radius 1 is 1.32 bits per heavy atom. The predicted molar refractivity (Wildman–Crippen MR) is 73.0 cm³/mol. The number of nitrogens with zero attached hydrogens (tertiary/aromatic N) is 3. The first kappa shape index (κ1) is 12.4. The van der Waals surface area contributed by atoms with Crippen LogP contribution in [0.4, 0.5) is 5.95 Å². The number of nitrogens with one attached hydrogen (secondary N) is 1. The molecular weight excluding hydrogens is 240 g/mol. The molecule has 2 aliphatic rings. The lowest BCUT2D eigenvalue weighted by Gasteiger charge is -2.30. The summed E-state index contributed by atoms with van der Waals surface area (Å²) in [5, 5.41) is 3.22. The van der Waals surface area contributed by atoms with Crippen LogP contribution < -0.4 is 5.32 Å². The van der Waals surface area contributed by atoms with E-state index in [9.17, 15) is 4.79 Å². The van der Waals surface area contributed by atoms with Gasteiger partial charge >= 0.3 is 0 Å². The minimum absolute atomic E-state index is 0.0597. The van der Waals surface area contributed by atoms with Gasteiger partial charge in [0.15, 0.2) is 0 Å². The van der Waals surface area contributed by atoms with Crippen LogP contribution in [-0.4, -0.2) is 39.9 Å². The Morgan fingerprint density at radius 2 is 2.05 bits per heavy atom. The van der Waals surface area contributed by atoms with Gasteiger partial charge in [-0.05, 0) is 31.6 Å². The highest BCUT2D eigenvalue weighted by atomic mass is 16.2. The van der Waals surface area contributed by atoms with E-state index < -0.39 is 0 Å². The lowest BCUT2D eigenvalue weighted by Crippen LogP contribution is -2.39. The van der Waals surface area contributed by atoms with Crippen LogP contribution in [0, 0.1) is 5.92 Å². The Bertz CT molecular complexity index is 455. The van der Waals surface area contributed by atoms with Crippen molar-refractivity contribution >= 4 is 11.9 Å². The van der Waals surface area contributed by atoms with Crippen molar-refractivity contribution < 1.29 is 4.79 Å². The molecule has 1 saturated heterocycles. The number of carbonyl (C=O) groups is 1. The number of piperidine rings is 1. The Morgan fingerprint density at radius 3 is 2.68 bits per heavy atom. The van der Waals surface area contributed by atoms with Gasteiger partial charge in [0.05, 0.1) is 5.56 Å². The molecule has 1 atom stereocenters. The van der Waals surface area contributed by atoms with Crippen LogP contribution in [0.1, 0.15) is 43.0 Å². The third kappa shape index (κ3) is 3.03. The molecule has 1 unspecified atom stereocenters. The van der Waals surface area contributed by atoms with Crippen molar-refractivity contribution in [2.24, 2.45) is 5.92 Å². The summed E-state index contributed by atoms with van der Waals surface area (Å²) in [6.45, 7) is 3.89. The Hall–Kier alpha value is -1.65. The van der Waals surface area contributed by atoms with Gasteiger partial charge in [0.25, 0.3) is 5.91 Å². The van der Waals surface area contributed by atoms with Crippen molar-refractivity contribution in [3.63, 3.8) is 0 Å². The molecule has 1 aliphatic carbocycles. The van der Waals surface area contributed by atoms with Crippen molar-refractivity contribution in [1.29, 1.82) is 0 Å². The van der Waals surface area contributed by atoms with E-state index in [0.29, 0.717) is 23.5 Å². The number of hydrogen-bond donors (Lipinski definition) is 1. The molecule has 1 aromatic heterocycles. The minimum Gasteiger partial charge on any atom is -0.351 e. The highest BCUT2D eigenvalue weighted by Crippen LogP contribution is 2.23. The fraction of sp³-hybridized carbons (Fsp3) is 0.643. The summed E-state index contributed by atoms with van der Waals surface area (Å²) < 4.78 is 0. The third-order valence-corrected chi connectivity index (χ3v) is 3.75. The minimum atomic E-state index is 0.0597. The summed E-state index contributed by atoms with van der Waals surface area (Å²) in [5.41, 5.74) is 0.593. The molecule has 3 rings (SSSR count). The van der Waals surface area contributed by atoms with E-state index in [1.807, 2.05) is 4.90 Å². The van der Waals surface area contributed by atoms with Crippen molar-refractivity contribution in [3.05, 3.63) is 18.0 Å². The van der Waals surface area contributed by atoms with Gasteiger partial charge in [0.1, 0.15) is 0 Å². The topological polar surface area (TPSA) is 58.1 Å². The number of rotatable bonds is 3. The van der Waals surface area contributed by atoms with Crippen molar-refractivity contribution in [2.45, 2.75) is 38.6 Å². The summed E-state index contributed by atoms with van der Waals surface area (Å²) in [6.07, 6.45) is 7.96. The second-order valence-corrected chi connectivity index (χ2v) is 5.71. The molecule has 5 heteroatoms. The van der Waals surface area contributed by atoms with Crippen molar-refractivity contribution in [1.82, 2.24) is 14.9 Å². The van der Waals surface area contributed by atoms with Crippen LogP contribution in [0.25, 0.3) is 0 Å². The molecule has 1 aromatic rings. The Labute approximate surface area is 113 Å². The second kappa shape index (κ2) is 5.15. The smallest absolute Gasteiger partial charge is 0.257 e. The normalized spacial score (nSPS) is 23.2. The monoisotopic (exact) mass is 260 g/mol. The number of aromatic nitrogens is 2. The van der Waals surface area contributed by atoms with E-state index in [1.54, 1.807) is 12.4 Å². The van der Waals surface area contributed by atoms with E-state index in [-0.39, 0.29) is 5.91 Å². The highest BCUT2D eigenvalue weighted by Gasteiger charge is 2.24. The van der Waals surface area contributed by atoms with Gasteiger partial charge in [-0.2, -0.15) is 0 Å². The van der Waals surface area contributed by atoms with Crippen LogP contribution in [0.2, 0.25) is 0 Å². The van der Waals surface area contributed by atoms with E-state index in [0.717, 1.165) is 19.5 Å². The molecule has 2 heterocycles. The Balaban J connectivity index is 1.65. The van der Waals surface area contributed by atoms with Crippen LogP contribution >= 0.6 is 0 Å². The number of hydrogen-bond acceptors (Lipinski definition) is 4. The molecule has 1 N–H and O–H groups in total. The van der Waals surface area contributed by atoms with Crippen LogP contribution in [0.15, 0.2) is 12.4 Å². The molecular formula is C14H20N4O. The van der Waals surface area contributed by atoms with Crippen molar-refractivity contribution in [3.8, 4) is 0 Å². The number of likely N-dealkylation sites (tertiary alicyclic amines) is 1. The first-order chi connectivity index (χ1) is 9.22. The van der Waals surface area contributed by atoms with Gasteiger partial charge < -0.3 is 10.2 Å². The van der Waals surface area contributed by atoms with Crippen LogP contribution in [0.3, 0.4) is 0 Å². The molecule has 1 amide bonds. The largest absolute Gasteiger partial charge is 0.351 e. The molecule has 1 saturated carbocycles. The average Bonchev–Trinajstić information content (AvgIpc) is 3.23. The lowest BCUT2D eigenvalue weighted by atomic mass is 10.00. The summed E-state index contributed by atoms with van der Waals surface area (Å²) in [7, 11) is 0. The average molecular weight is 260 g/mol. The summed E-state index contributed by atoms with van der Waals surface area (Å²) in [4.78, 5) is 22.7. The molecule has 102 valence electrons. The SMILES string of the molecule is CC1CCCN(C(=O)c2cnc(NC3CC3)nc2)C1. The zero-order valence-corrected chi connectivity index (χ0v) is 11.3. The van der Waals surface area contributed by atoms with Gasteiger partial charge in [-0.15, -0.1) is 0 Å². The van der Waals surface area contributed by atoms with E-state index in [1.165, 1.54) is 19.3 Å². The molecule has 19 heavy (non-hydrogen) atoms. The summed E-state index contributed by atoms with van der Waals surface area (Å²) in [5.74, 6) is 1.28. The zero-order valence-electron chi connectivity index (χ0n) is 11.3. The lowest BCUT2D eigenvalue weighted by molar-refractivity contribution is 0.0682. The fourth-order valence-electron chi connectivity index (χ4n) is 2.48. The maximum absolute atomic E-state index is 12.3. The standard InChI is InChI=1S/C14H20N4O/c1-10-3-2-6-18(9-10)13(19)11-7-15-14(16-8-11)17-12-4-5-12/h7-8,10,12H,2-6,9H2,1H3,(H,15,16,17). The Kier molecular flexibility index (Phi) is 3.36. The number of anilines is 1. The number of carbonyl (C=O) groups excluding carboxylic acids is 1. The molecule has 1 aliphatic heterocycles. The molecule has 0 bridgehead atoms. The maximum atomic E-state index is 12.3. The quantitative estimate of drug-likeness (QED) is 0.902. The van der Waals surface area contributed by atoms with E-state index in [4.69, 9.17) is 0 Å². The summed E-state index contributed by atoms with van der Waals surface area (Å²) in [6, 6.07) is 0.532. The number of amides is 1. The molecule has 0 radical (unpaired) electrons. The van der Waals surface area contributed by atoms with Crippen LogP contribution in [0.5, 0.6) is 0 Å². The molecule has 0 aromatic carbocycles. The van der Waals surface area contributed by atoms with Gasteiger partial charge in [-0.25, -0.2) is 9.97 Å². The first-order valence-corrected chi connectivity index (χ1v) is 7.10. The van der Waals surface area contributed by atoms with Gasteiger partial charge in [0, 0.05) is 31.5 Å². The fourth-order valence-corrected chi connectivity index (χ4v) is 2.48. The molecule has 2 fully saturated rings. The first-order valence-electron chi connectivity index (χ1n) is 7.10. The van der Waals surface area contributed by atoms with Gasteiger partial charge in [-0.3, -0.25) is 4.79 Å². The second-order valence-electron chi connectivity index (χ2n) is 5.71. The molecule has 0 spiro atoms. The molecule has 5 nitrogen and oxygen atoms in total. The predicted octanol–water partition coefficient (Wildman–Crippen LogP) is 1.92. The summed E-state index contributed by atoms with van der Waals surface area (Å²) >= 11 is 0.